The Morgan fingerprint density at radius 3 is 3.00 bits per heavy atom. The number of hydrogen-bond donors (Lipinski definition) is 0. The number of carbonyl (C=O) groups excluding carboxylic acids is 1. The molecule has 0 saturated carbocycles. The van der Waals surface area contributed by atoms with E-state index in [1.807, 2.05) is 18.5 Å². The molecule has 3 heterocycles. The van der Waals surface area contributed by atoms with E-state index in [9.17, 15) is 4.79 Å². The maximum atomic E-state index is 11.9. The van der Waals surface area contributed by atoms with Gasteiger partial charge >= 0.3 is 0 Å². The zero-order valence-corrected chi connectivity index (χ0v) is 11.8. The number of rotatable bonds is 1. The van der Waals surface area contributed by atoms with Gasteiger partial charge in [0.15, 0.2) is 0 Å². The van der Waals surface area contributed by atoms with Crippen molar-refractivity contribution in [3.8, 4) is 0 Å². The third-order valence-electron chi connectivity index (χ3n) is 2.90. The van der Waals surface area contributed by atoms with Crippen LogP contribution in [0, 0.1) is 6.92 Å². The summed E-state index contributed by atoms with van der Waals surface area (Å²) < 4.78 is 0. The second-order valence-corrected chi connectivity index (χ2v) is 6.35. The van der Waals surface area contributed by atoms with E-state index in [1.54, 1.807) is 27.6 Å². The number of carbonyl (C=O) groups is 1. The number of fused-ring (bicyclic) bond motifs is 1. The monoisotopic (exact) mass is 276 g/mol. The van der Waals surface area contributed by atoms with E-state index in [0.29, 0.717) is 0 Å². The van der Waals surface area contributed by atoms with Gasteiger partial charge < -0.3 is 4.90 Å². The Balaban J connectivity index is 2.20. The molecule has 0 atom stereocenters. The normalized spacial score (nSPS) is 15.3. The molecule has 5 heteroatoms. The first-order chi connectivity index (χ1) is 8.66. The van der Waals surface area contributed by atoms with E-state index >= 15 is 0 Å². The molecular weight excluding hydrogens is 264 g/mol. The Morgan fingerprint density at radius 1 is 1.44 bits per heavy atom. The fourth-order valence-electron chi connectivity index (χ4n) is 2.00. The van der Waals surface area contributed by atoms with Gasteiger partial charge in [-0.2, -0.15) is 0 Å². The van der Waals surface area contributed by atoms with E-state index in [4.69, 9.17) is 0 Å². The van der Waals surface area contributed by atoms with Gasteiger partial charge in [0, 0.05) is 17.5 Å². The maximum Gasteiger partial charge on any atom is 0.249 e. The Labute approximate surface area is 113 Å². The number of amides is 1. The number of nitrogens with zero attached hydrogens (tertiary/aromatic N) is 2. The molecule has 0 radical (unpaired) electrons. The molecule has 0 aromatic carbocycles. The van der Waals surface area contributed by atoms with Crippen LogP contribution in [0.2, 0.25) is 0 Å². The van der Waals surface area contributed by atoms with Gasteiger partial charge in [-0.05, 0) is 24.4 Å². The first-order valence-electron chi connectivity index (χ1n) is 5.62. The Bertz CT molecular complexity index is 625. The van der Waals surface area contributed by atoms with Gasteiger partial charge in [0.05, 0.1) is 10.6 Å². The van der Waals surface area contributed by atoms with Gasteiger partial charge in [-0.15, -0.1) is 22.7 Å². The standard InChI is InChI=1S/C13H12N2OS2/c1-8-6-9-12(10-4-3-5-17-10)14-7-11(16)15(2)13(9)18-8/h3-6H,7H2,1-2H3. The second-order valence-electron chi connectivity index (χ2n) is 4.17. The molecule has 1 amide bonds. The Morgan fingerprint density at radius 2 is 2.28 bits per heavy atom. The number of thiophene rings is 2. The highest BCUT2D eigenvalue weighted by atomic mass is 32.1. The van der Waals surface area contributed by atoms with Crippen LogP contribution in [0.25, 0.3) is 0 Å². The van der Waals surface area contributed by atoms with Crippen molar-refractivity contribution in [1.29, 1.82) is 0 Å². The average Bonchev–Trinajstić information content (AvgIpc) is 2.96. The molecule has 18 heavy (non-hydrogen) atoms. The van der Waals surface area contributed by atoms with Gasteiger partial charge in [0.2, 0.25) is 5.91 Å². The third-order valence-corrected chi connectivity index (χ3v) is 4.90. The highest BCUT2D eigenvalue weighted by molar-refractivity contribution is 7.17. The molecule has 3 nitrogen and oxygen atoms in total. The maximum absolute atomic E-state index is 11.9. The van der Waals surface area contributed by atoms with Crippen LogP contribution in [-0.2, 0) is 4.79 Å². The SMILES string of the molecule is Cc1cc2c(s1)N(C)C(=O)CN=C2c1cccs1. The molecule has 1 aliphatic rings. The van der Waals surface area contributed by atoms with Crippen molar-refractivity contribution in [2.24, 2.45) is 4.99 Å². The zero-order chi connectivity index (χ0) is 12.7. The number of likely N-dealkylation sites (N-methyl/N-ethyl adjacent to an activating group) is 1. The van der Waals surface area contributed by atoms with Crippen molar-refractivity contribution in [3.05, 3.63) is 38.9 Å². The van der Waals surface area contributed by atoms with Crippen LogP contribution >= 0.6 is 22.7 Å². The summed E-state index contributed by atoms with van der Waals surface area (Å²) in [5, 5.41) is 3.04. The van der Waals surface area contributed by atoms with E-state index in [1.165, 1.54) is 4.88 Å². The smallest absolute Gasteiger partial charge is 0.249 e. The van der Waals surface area contributed by atoms with Crippen LogP contribution in [0.1, 0.15) is 15.3 Å². The minimum atomic E-state index is 0.0460. The summed E-state index contributed by atoms with van der Waals surface area (Å²) in [6.45, 7) is 2.29. The van der Waals surface area contributed by atoms with Crippen molar-refractivity contribution >= 4 is 39.3 Å². The minimum absolute atomic E-state index is 0.0460. The van der Waals surface area contributed by atoms with Crippen LogP contribution in [0.5, 0.6) is 0 Å². The summed E-state index contributed by atoms with van der Waals surface area (Å²) in [4.78, 5) is 20.5. The lowest BCUT2D eigenvalue weighted by Crippen LogP contribution is -2.26. The van der Waals surface area contributed by atoms with E-state index in [2.05, 4.69) is 24.0 Å². The van der Waals surface area contributed by atoms with Crippen molar-refractivity contribution in [2.75, 3.05) is 18.5 Å². The molecule has 2 aromatic rings. The summed E-state index contributed by atoms with van der Waals surface area (Å²) in [5.74, 6) is 0.0460. The predicted octanol–water partition coefficient (Wildman–Crippen LogP) is 2.93. The molecule has 2 aromatic heterocycles. The van der Waals surface area contributed by atoms with Crippen molar-refractivity contribution in [1.82, 2.24) is 0 Å². The van der Waals surface area contributed by atoms with Gasteiger partial charge in [-0.3, -0.25) is 9.79 Å². The van der Waals surface area contributed by atoms with Gasteiger partial charge in [-0.1, -0.05) is 6.07 Å². The Kier molecular flexibility index (Phi) is 2.80. The number of aliphatic imine (C=N–C) groups is 1. The lowest BCUT2D eigenvalue weighted by molar-refractivity contribution is -0.116. The average molecular weight is 276 g/mol. The molecule has 0 aliphatic carbocycles. The number of anilines is 1. The fraction of sp³-hybridized carbons (Fsp3) is 0.231. The molecule has 0 fully saturated rings. The lowest BCUT2D eigenvalue weighted by Gasteiger charge is -2.13. The fourth-order valence-corrected chi connectivity index (χ4v) is 3.73. The first-order valence-corrected chi connectivity index (χ1v) is 7.32. The summed E-state index contributed by atoms with van der Waals surface area (Å²) in [5.41, 5.74) is 2.02. The second kappa shape index (κ2) is 4.33. The molecule has 3 rings (SSSR count). The molecule has 0 spiro atoms. The molecule has 1 aliphatic heterocycles. The minimum Gasteiger partial charge on any atom is -0.305 e. The summed E-state index contributed by atoms with van der Waals surface area (Å²) in [7, 11) is 1.82. The summed E-state index contributed by atoms with van der Waals surface area (Å²) >= 11 is 3.30. The largest absolute Gasteiger partial charge is 0.305 e. The molecule has 92 valence electrons. The topological polar surface area (TPSA) is 32.7 Å². The highest BCUT2D eigenvalue weighted by Crippen LogP contribution is 2.34. The van der Waals surface area contributed by atoms with Crippen LogP contribution < -0.4 is 4.90 Å². The molecular formula is C13H12N2OS2. The molecule has 0 N–H and O–H groups in total. The highest BCUT2D eigenvalue weighted by Gasteiger charge is 2.24. The number of aryl methyl sites for hydroxylation is 1. The van der Waals surface area contributed by atoms with Crippen molar-refractivity contribution in [3.63, 3.8) is 0 Å². The first kappa shape index (κ1) is 11.6. The lowest BCUT2D eigenvalue weighted by atomic mass is 10.1. The van der Waals surface area contributed by atoms with Crippen LogP contribution in [0.3, 0.4) is 0 Å². The van der Waals surface area contributed by atoms with Gasteiger partial charge in [0.1, 0.15) is 11.5 Å². The molecule has 0 bridgehead atoms. The van der Waals surface area contributed by atoms with E-state index in [0.717, 1.165) is 21.2 Å². The quantitative estimate of drug-likeness (QED) is 0.788. The van der Waals surface area contributed by atoms with Gasteiger partial charge in [0.25, 0.3) is 0 Å². The summed E-state index contributed by atoms with van der Waals surface area (Å²) in [6, 6.07) is 6.18. The van der Waals surface area contributed by atoms with Crippen molar-refractivity contribution in [2.45, 2.75) is 6.92 Å². The molecule has 0 saturated heterocycles. The van der Waals surface area contributed by atoms with Crippen LogP contribution in [0.4, 0.5) is 5.00 Å². The molecule has 0 unspecified atom stereocenters. The van der Waals surface area contributed by atoms with Crippen LogP contribution in [-0.4, -0.2) is 25.2 Å². The van der Waals surface area contributed by atoms with E-state index in [-0.39, 0.29) is 12.5 Å². The predicted molar refractivity (Wildman–Crippen MR) is 77.3 cm³/mol. The zero-order valence-electron chi connectivity index (χ0n) is 10.1. The van der Waals surface area contributed by atoms with E-state index < -0.39 is 0 Å². The Hall–Kier alpha value is -1.46. The third kappa shape index (κ3) is 1.79. The summed E-state index contributed by atoms with van der Waals surface area (Å²) in [6.07, 6.45) is 0. The van der Waals surface area contributed by atoms with Gasteiger partial charge in [-0.25, -0.2) is 0 Å². The van der Waals surface area contributed by atoms with Crippen molar-refractivity contribution < 1.29 is 4.79 Å². The number of hydrogen-bond acceptors (Lipinski definition) is 4. The van der Waals surface area contributed by atoms with Crippen LogP contribution in [0.15, 0.2) is 28.6 Å².